The standard InChI is InChI=1S/C26H27F2NO4/c1-26(2,3)33-11-10-31-22-13-19(28)12-20(14-22)29-23-9-8-21(30)15-25(23)32-16-24(29)17-4-6-18(27)7-5-17/h4-9,12-15,24,30H,10-11,16H2,1-3H3. The van der Waals surface area contributed by atoms with Crippen molar-refractivity contribution in [3.8, 4) is 17.2 Å². The van der Waals surface area contributed by atoms with Crippen LogP contribution in [0.4, 0.5) is 20.2 Å². The molecule has 1 N–H and O–H groups in total. The van der Waals surface area contributed by atoms with Gasteiger partial charge in [-0.3, -0.25) is 0 Å². The molecule has 0 fully saturated rings. The molecule has 0 spiro atoms. The predicted octanol–water partition coefficient (Wildman–Crippen LogP) is 6.14. The number of phenols is 1. The Hall–Kier alpha value is -3.32. The summed E-state index contributed by atoms with van der Waals surface area (Å²) < 4.78 is 45.5. The lowest BCUT2D eigenvalue weighted by Gasteiger charge is -2.39. The van der Waals surface area contributed by atoms with Crippen molar-refractivity contribution in [2.75, 3.05) is 24.7 Å². The first kappa shape index (κ1) is 22.9. The normalized spacial score (nSPS) is 15.7. The predicted molar refractivity (Wildman–Crippen MR) is 122 cm³/mol. The highest BCUT2D eigenvalue weighted by Crippen LogP contribution is 2.46. The molecule has 0 amide bonds. The van der Waals surface area contributed by atoms with Gasteiger partial charge in [0.2, 0.25) is 0 Å². The number of hydrogen-bond acceptors (Lipinski definition) is 5. The molecule has 7 heteroatoms. The minimum Gasteiger partial charge on any atom is -0.508 e. The molecule has 33 heavy (non-hydrogen) atoms. The Morgan fingerprint density at radius 1 is 0.970 bits per heavy atom. The van der Waals surface area contributed by atoms with Crippen LogP contribution in [-0.4, -0.2) is 30.5 Å². The second-order valence-electron chi connectivity index (χ2n) is 8.85. The van der Waals surface area contributed by atoms with Crippen molar-refractivity contribution in [2.24, 2.45) is 0 Å². The Kier molecular flexibility index (Phi) is 6.42. The highest BCUT2D eigenvalue weighted by Gasteiger charge is 2.31. The zero-order valence-electron chi connectivity index (χ0n) is 18.8. The summed E-state index contributed by atoms with van der Waals surface area (Å²) in [7, 11) is 0. The smallest absolute Gasteiger partial charge is 0.146 e. The zero-order chi connectivity index (χ0) is 23.6. The first-order valence-corrected chi connectivity index (χ1v) is 10.8. The van der Waals surface area contributed by atoms with Crippen LogP contribution in [0.1, 0.15) is 32.4 Å². The van der Waals surface area contributed by atoms with Crippen molar-refractivity contribution in [1.82, 2.24) is 0 Å². The Morgan fingerprint density at radius 3 is 2.45 bits per heavy atom. The van der Waals surface area contributed by atoms with Gasteiger partial charge >= 0.3 is 0 Å². The highest BCUT2D eigenvalue weighted by molar-refractivity contribution is 5.73. The summed E-state index contributed by atoms with van der Waals surface area (Å²) in [6.45, 7) is 6.74. The van der Waals surface area contributed by atoms with Crippen molar-refractivity contribution in [1.29, 1.82) is 0 Å². The van der Waals surface area contributed by atoms with E-state index >= 15 is 0 Å². The summed E-state index contributed by atoms with van der Waals surface area (Å²) in [6, 6.07) is 15.0. The van der Waals surface area contributed by atoms with E-state index in [0.717, 1.165) is 5.56 Å². The van der Waals surface area contributed by atoms with Crippen LogP contribution in [-0.2, 0) is 4.74 Å². The van der Waals surface area contributed by atoms with Crippen LogP contribution in [0.3, 0.4) is 0 Å². The molecule has 1 atom stereocenters. The maximum Gasteiger partial charge on any atom is 0.146 e. The van der Waals surface area contributed by atoms with E-state index in [0.29, 0.717) is 29.5 Å². The molecule has 4 rings (SSSR count). The molecule has 0 radical (unpaired) electrons. The van der Waals surface area contributed by atoms with Crippen LogP contribution in [0.2, 0.25) is 0 Å². The van der Waals surface area contributed by atoms with E-state index in [1.807, 2.05) is 25.7 Å². The van der Waals surface area contributed by atoms with Gasteiger partial charge in [-0.25, -0.2) is 8.78 Å². The average molecular weight is 456 g/mol. The minimum absolute atomic E-state index is 0.0658. The summed E-state index contributed by atoms with van der Waals surface area (Å²) in [5.41, 5.74) is 1.72. The number of phenolic OH excluding ortho intramolecular Hbond substituents is 1. The average Bonchev–Trinajstić information content (AvgIpc) is 2.75. The van der Waals surface area contributed by atoms with Gasteiger partial charge in [0, 0.05) is 23.9 Å². The van der Waals surface area contributed by atoms with Crippen LogP contribution in [0.5, 0.6) is 17.2 Å². The molecule has 0 aliphatic carbocycles. The van der Waals surface area contributed by atoms with E-state index in [9.17, 15) is 13.9 Å². The van der Waals surface area contributed by atoms with Crippen LogP contribution in [0.15, 0.2) is 60.7 Å². The van der Waals surface area contributed by atoms with Crippen LogP contribution in [0.25, 0.3) is 0 Å². The van der Waals surface area contributed by atoms with Gasteiger partial charge in [0.1, 0.15) is 42.1 Å². The largest absolute Gasteiger partial charge is 0.508 e. The van der Waals surface area contributed by atoms with E-state index in [-0.39, 0.29) is 36.4 Å². The maximum atomic E-state index is 14.6. The van der Waals surface area contributed by atoms with E-state index in [4.69, 9.17) is 14.2 Å². The van der Waals surface area contributed by atoms with Gasteiger partial charge in [-0.15, -0.1) is 0 Å². The fourth-order valence-electron chi connectivity index (χ4n) is 3.76. The summed E-state index contributed by atoms with van der Waals surface area (Å²) in [6.07, 6.45) is 0. The van der Waals surface area contributed by atoms with Gasteiger partial charge in [0.05, 0.1) is 23.9 Å². The number of benzene rings is 3. The van der Waals surface area contributed by atoms with Crippen LogP contribution >= 0.6 is 0 Å². The van der Waals surface area contributed by atoms with Crippen molar-refractivity contribution in [3.63, 3.8) is 0 Å². The summed E-state index contributed by atoms with van der Waals surface area (Å²) in [5, 5.41) is 9.89. The third-order valence-electron chi connectivity index (χ3n) is 5.19. The van der Waals surface area contributed by atoms with E-state index < -0.39 is 5.82 Å². The molecule has 1 unspecified atom stereocenters. The zero-order valence-corrected chi connectivity index (χ0v) is 18.8. The molecule has 0 saturated carbocycles. The van der Waals surface area contributed by atoms with E-state index in [1.165, 1.54) is 30.3 Å². The maximum absolute atomic E-state index is 14.6. The lowest BCUT2D eigenvalue weighted by molar-refractivity contribution is -0.0163. The first-order valence-electron chi connectivity index (χ1n) is 10.8. The minimum atomic E-state index is -0.455. The molecule has 0 saturated heterocycles. The molecule has 0 bridgehead atoms. The number of ether oxygens (including phenoxy) is 3. The fraction of sp³-hybridized carbons (Fsp3) is 0.308. The molecule has 3 aromatic carbocycles. The molecule has 1 aliphatic rings. The number of rotatable bonds is 6. The third-order valence-corrected chi connectivity index (χ3v) is 5.19. The van der Waals surface area contributed by atoms with Gasteiger partial charge < -0.3 is 24.2 Å². The molecule has 1 heterocycles. The monoisotopic (exact) mass is 455 g/mol. The number of nitrogens with zero attached hydrogens (tertiary/aromatic N) is 1. The summed E-state index contributed by atoms with van der Waals surface area (Å²) in [5.74, 6) is 0.108. The molecule has 3 aromatic rings. The van der Waals surface area contributed by atoms with Crippen molar-refractivity contribution in [2.45, 2.75) is 32.4 Å². The third kappa shape index (κ3) is 5.54. The van der Waals surface area contributed by atoms with Gasteiger partial charge in [-0.05, 0) is 56.7 Å². The van der Waals surface area contributed by atoms with Crippen molar-refractivity contribution >= 4 is 11.4 Å². The Morgan fingerprint density at radius 2 is 1.73 bits per heavy atom. The number of aromatic hydroxyl groups is 1. The lowest BCUT2D eigenvalue weighted by Crippen LogP contribution is -2.33. The van der Waals surface area contributed by atoms with E-state index in [1.54, 1.807) is 30.3 Å². The van der Waals surface area contributed by atoms with Crippen molar-refractivity contribution < 1.29 is 28.1 Å². The Balaban J connectivity index is 1.68. The highest BCUT2D eigenvalue weighted by atomic mass is 19.1. The Bertz CT molecular complexity index is 1110. The van der Waals surface area contributed by atoms with Crippen molar-refractivity contribution in [3.05, 3.63) is 77.9 Å². The number of fused-ring (bicyclic) bond motifs is 1. The molecule has 0 aromatic heterocycles. The SMILES string of the molecule is CC(C)(C)OCCOc1cc(F)cc(N2c3ccc(O)cc3OCC2c2ccc(F)cc2)c1. The van der Waals surface area contributed by atoms with Gasteiger partial charge in [-0.2, -0.15) is 0 Å². The van der Waals surface area contributed by atoms with E-state index in [2.05, 4.69) is 0 Å². The molecule has 5 nitrogen and oxygen atoms in total. The second kappa shape index (κ2) is 9.27. The molecule has 1 aliphatic heterocycles. The number of hydrogen-bond donors (Lipinski definition) is 1. The molecular weight excluding hydrogens is 428 g/mol. The number of anilines is 2. The number of halogens is 2. The van der Waals surface area contributed by atoms with Crippen LogP contribution in [0, 0.1) is 11.6 Å². The van der Waals surface area contributed by atoms with Crippen LogP contribution < -0.4 is 14.4 Å². The molecule has 174 valence electrons. The lowest BCUT2D eigenvalue weighted by atomic mass is 10.0. The van der Waals surface area contributed by atoms with Gasteiger partial charge in [-0.1, -0.05) is 12.1 Å². The second-order valence-corrected chi connectivity index (χ2v) is 8.85. The van der Waals surface area contributed by atoms with Gasteiger partial charge in [0.15, 0.2) is 0 Å². The van der Waals surface area contributed by atoms with Gasteiger partial charge in [0.25, 0.3) is 0 Å². The fourth-order valence-corrected chi connectivity index (χ4v) is 3.76. The summed E-state index contributed by atoms with van der Waals surface area (Å²) >= 11 is 0. The molecular formula is C26H27F2NO4. The summed E-state index contributed by atoms with van der Waals surface area (Å²) in [4.78, 5) is 1.91. The first-order chi connectivity index (χ1) is 15.7. The Labute approximate surface area is 192 Å². The topological polar surface area (TPSA) is 51.2 Å². The quantitative estimate of drug-likeness (QED) is 0.453.